The standard InChI is InChI=1S/C23H29N3O5/c27-20(13-6-1-2-7-14-21(28)26-31)25-19-12-8-9-17(15-19)16-24-22(23(29)30)18-10-4-3-5-11-18/h3-5,8-12,15,22,24,31H,1-2,6-7,13-14,16H2,(H,25,27)(H,26,28)(H,29,30). The van der Waals surface area contributed by atoms with Gasteiger partial charge in [-0.1, -0.05) is 55.3 Å². The Morgan fingerprint density at radius 3 is 2.16 bits per heavy atom. The fourth-order valence-electron chi connectivity index (χ4n) is 3.18. The number of unbranched alkanes of at least 4 members (excludes halogenated alkanes) is 3. The third-order valence-corrected chi connectivity index (χ3v) is 4.78. The Morgan fingerprint density at radius 1 is 0.839 bits per heavy atom. The highest BCUT2D eigenvalue weighted by molar-refractivity contribution is 5.90. The zero-order valence-corrected chi connectivity index (χ0v) is 17.3. The van der Waals surface area contributed by atoms with Crippen LogP contribution in [0.4, 0.5) is 5.69 Å². The SMILES string of the molecule is O=C(CCCCCCC(=O)Nc1cccc(CNC(C(=O)O)c2ccccc2)c1)NO. The van der Waals surface area contributed by atoms with E-state index in [0.29, 0.717) is 37.1 Å². The van der Waals surface area contributed by atoms with Gasteiger partial charge >= 0.3 is 5.97 Å². The number of hydrogen-bond acceptors (Lipinski definition) is 5. The molecular formula is C23H29N3O5. The molecule has 2 amide bonds. The molecule has 166 valence electrons. The number of hydrogen-bond donors (Lipinski definition) is 5. The van der Waals surface area contributed by atoms with E-state index in [9.17, 15) is 19.5 Å². The summed E-state index contributed by atoms with van der Waals surface area (Å²) >= 11 is 0. The van der Waals surface area contributed by atoms with Crippen LogP contribution in [0.15, 0.2) is 54.6 Å². The number of carboxylic acids is 1. The molecule has 1 atom stereocenters. The van der Waals surface area contributed by atoms with Crippen molar-refractivity contribution in [1.29, 1.82) is 0 Å². The van der Waals surface area contributed by atoms with E-state index in [1.165, 1.54) is 0 Å². The lowest BCUT2D eigenvalue weighted by atomic mass is 10.1. The van der Waals surface area contributed by atoms with Crippen LogP contribution in [0.1, 0.15) is 55.7 Å². The molecule has 0 bridgehead atoms. The van der Waals surface area contributed by atoms with Gasteiger partial charge in [-0.3, -0.25) is 24.9 Å². The number of carbonyl (C=O) groups is 3. The van der Waals surface area contributed by atoms with E-state index in [1.54, 1.807) is 35.8 Å². The van der Waals surface area contributed by atoms with Crippen LogP contribution in [0.5, 0.6) is 0 Å². The number of amides is 2. The molecule has 0 heterocycles. The Morgan fingerprint density at radius 2 is 1.52 bits per heavy atom. The molecule has 0 radical (unpaired) electrons. The number of rotatable bonds is 13. The first-order valence-electron chi connectivity index (χ1n) is 10.3. The minimum Gasteiger partial charge on any atom is -0.480 e. The third-order valence-electron chi connectivity index (χ3n) is 4.78. The van der Waals surface area contributed by atoms with E-state index in [0.717, 1.165) is 18.4 Å². The topological polar surface area (TPSA) is 128 Å². The number of anilines is 1. The van der Waals surface area contributed by atoms with Crippen molar-refractivity contribution >= 4 is 23.5 Å². The molecule has 8 nitrogen and oxygen atoms in total. The quantitative estimate of drug-likeness (QED) is 0.189. The van der Waals surface area contributed by atoms with Crippen molar-refractivity contribution in [3.05, 3.63) is 65.7 Å². The predicted octanol–water partition coefficient (Wildman–Crippen LogP) is 3.39. The zero-order chi connectivity index (χ0) is 22.5. The summed E-state index contributed by atoms with van der Waals surface area (Å²) in [5.74, 6) is -1.44. The molecule has 0 saturated heterocycles. The average Bonchev–Trinajstić information content (AvgIpc) is 2.77. The smallest absolute Gasteiger partial charge is 0.325 e. The Balaban J connectivity index is 1.77. The van der Waals surface area contributed by atoms with Crippen molar-refractivity contribution in [2.75, 3.05) is 5.32 Å². The highest BCUT2D eigenvalue weighted by Crippen LogP contribution is 2.16. The molecule has 2 rings (SSSR count). The van der Waals surface area contributed by atoms with Crippen LogP contribution in [0.2, 0.25) is 0 Å². The normalized spacial score (nSPS) is 11.5. The minimum atomic E-state index is -0.951. The molecular weight excluding hydrogens is 398 g/mol. The maximum atomic E-state index is 12.1. The van der Waals surface area contributed by atoms with Gasteiger partial charge in [0.25, 0.3) is 0 Å². The Kier molecular flexibility index (Phi) is 10.2. The first kappa shape index (κ1) is 24.0. The largest absolute Gasteiger partial charge is 0.480 e. The lowest BCUT2D eigenvalue weighted by molar-refractivity contribution is -0.139. The van der Waals surface area contributed by atoms with Crippen LogP contribution in [0.3, 0.4) is 0 Å². The second-order valence-corrected chi connectivity index (χ2v) is 7.26. The molecule has 0 spiro atoms. The van der Waals surface area contributed by atoms with Gasteiger partial charge in [-0.05, 0) is 36.1 Å². The molecule has 0 aromatic heterocycles. The Bertz CT molecular complexity index is 857. The van der Waals surface area contributed by atoms with Crippen molar-refractivity contribution in [3.8, 4) is 0 Å². The molecule has 0 aliphatic rings. The van der Waals surface area contributed by atoms with E-state index < -0.39 is 17.9 Å². The van der Waals surface area contributed by atoms with E-state index in [1.807, 2.05) is 24.3 Å². The van der Waals surface area contributed by atoms with E-state index in [2.05, 4.69) is 10.6 Å². The summed E-state index contributed by atoms with van der Waals surface area (Å²) in [4.78, 5) is 34.7. The summed E-state index contributed by atoms with van der Waals surface area (Å²) in [6.07, 6.45) is 3.68. The molecule has 8 heteroatoms. The van der Waals surface area contributed by atoms with E-state index in [-0.39, 0.29) is 12.3 Å². The van der Waals surface area contributed by atoms with Gasteiger partial charge in [0.1, 0.15) is 6.04 Å². The highest BCUT2D eigenvalue weighted by Gasteiger charge is 2.18. The first-order valence-corrected chi connectivity index (χ1v) is 10.3. The summed E-state index contributed by atoms with van der Waals surface area (Å²) in [7, 11) is 0. The number of carboxylic acid groups (broad SMARTS) is 1. The molecule has 0 aliphatic carbocycles. The molecule has 5 N–H and O–H groups in total. The van der Waals surface area contributed by atoms with E-state index >= 15 is 0 Å². The summed E-state index contributed by atoms with van der Waals surface area (Å²) in [5.41, 5.74) is 3.80. The van der Waals surface area contributed by atoms with Crippen LogP contribution in [0, 0.1) is 0 Å². The van der Waals surface area contributed by atoms with Crippen molar-refractivity contribution in [2.45, 2.75) is 51.1 Å². The lowest BCUT2D eigenvalue weighted by Crippen LogP contribution is -2.28. The van der Waals surface area contributed by atoms with Crippen molar-refractivity contribution in [1.82, 2.24) is 10.8 Å². The molecule has 0 fully saturated rings. The van der Waals surface area contributed by atoms with Crippen molar-refractivity contribution < 1.29 is 24.7 Å². The molecule has 2 aromatic rings. The highest BCUT2D eigenvalue weighted by atomic mass is 16.5. The van der Waals surface area contributed by atoms with Crippen LogP contribution in [-0.2, 0) is 20.9 Å². The summed E-state index contributed by atoms with van der Waals surface area (Å²) in [6, 6.07) is 15.5. The monoisotopic (exact) mass is 427 g/mol. The average molecular weight is 428 g/mol. The van der Waals surface area contributed by atoms with Gasteiger partial charge in [-0.2, -0.15) is 0 Å². The molecule has 31 heavy (non-hydrogen) atoms. The van der Waals surface area contributed by atoms with Crippen molar-refractivity contribution in [2.24, 2.45) is 0 Å². The molecule has 2 aromatic carbocycles. The summed E-state index contributed by atoms with van der Waals surface area (Å²) in [6.45, 7) is 0.344. The van der Waals surface area contributed by atoms with Crippen LogP contribution < -0.4 is 16.1 Å². The molecule has 1 unspecified atom stereocenters. The second kappa shape index (κ2) is 13.1. The van der Waals surface area contributed by atoms with Gasteiger partial charge in [0.2, 0.25) is 11.8 Å². The summed E-state index contributed by atoms with van der Waals surface area (Å²) < 4.78 is 0. The van der Waals surface area contributed by atoms with Gasteiger partial charge in [-0.15, -0.1) is 0 Å². The maximum absolute atomic E-state index is 12.1. The summed E-state index contributed by atoms with van der Waals surface area (Å²) in [5, 5.41) is 23.8. The fraction of sp³-hybridized carbons (Fsp3) is 0.348. The number of aliphatic carboxylic acids is 1. The predicted molar refractivity (Wildman–Crippen MR) is 116 cm³/mol. The van der Waals surface area contributed by atoms with Crippen molar-refractivity contribution in [3.63, 3.8) is 0 Å². The number of nitrogens with one attached hydrogen (secondary N) is 3. The van der Waals surface area contributed by atoms with Crippen LogP contribution >= 0.6 is 0 Å². The minimum absolute atomic E-state index is 0.0918. The van der Waals surface area contributed by atoms with Crippen LogP contribution in [0.25, 0.3) is 0 Å². The fourth-order valence-corrected chi connectivity index (χ4v) is 3.18. The lowest BCUT2D eigenvalue weighted by Gasteiger charge is -2.15. The first-order chi connectivity index (χ1) is 15.0. The molecule has 0 aliphatic heterocycles. The molecule has 0 saturated carbocycles. The number of carbonyl (C=O) groups excluding carboxylic acids is 2. The maximum Gasteiger partial charge on any atom is 0.325 e. The number of benzene rings is 2. The van der Waals surface area contributed by atoms with Gasteiger partial charge in [-0.25, -0.2) is 5.48 Å². The third kappa shape index (κ3) is 8.98. The zero-order valence-electron chi connectivity index (χ0n) is 17.3. The number of hydroxylamine groups is 1. The van der Waals surface area contributed by atoms with Gasteiger partial charge < -0.3 is 10.4 Å². The Hall–Kier alpha value is -3.23. The van der Waals surface area contributed by atoms with Gasteiger partial charge in [0, 0.05) is 25.1 Å². The van der Waals surface area contributed by atoms with E-state index in [4.69, 9.17) is 5.21 Å². The second-order valence-electron chi connectivity index (χ2n) is 7.26. The van der Waals surface area contributed by atoms with Gasteiger partial charge in [0.05, 0.1) is 0 Å². The van der Waals surface area contributed by atoms with Crippen LogP contribution in [-0.4, -0.2) is 28.1 Å². The Labute approximate surface area is 181 Å². The van der Waals surface area contributed by atoms with Gasteiger partial charge in [0.15, 0.2) is 0 Å².